The van der Waals surface area contributed by atoms with Gasteiger partial charge in [0.2, 0.25) is 0 Å². The van der Waals surface area contributed by atoms with Gasteiger partial charge in [0.1, 0.15) is 5.75 Å². The average Bonchev–Trinajstić information content (AvgIpc) is 2.10. The molecule has 0 aliphatic carbocycles. The molecule has 1 aromatic rings. The molecule has 0 amide bonds. The molecule has 5 heteroatoms. The van der Waals surface area contributed by atoms with Crippen molar-refractivity contribution in [3.63, 3.8) is 0 Å². The van der Waals surface area contributed by atoms with Crippen LogP contribution in [0.4, 0.5) is 8.78 Å². The number of nitrogens with two attached hydrogens (primary N) is 1. The summed E-state index contributed by atoms with van der Waals surface area (Å²) < 4.78 is 25.1. The second-order valence-corrected chi connectivity index (χ2v) is 2.61. The number of hydrogen-bond donors (Lipinski definition) is 3. The summed E-state index contributed by atoms with van der Waals surface area (Å²) in [5.74, 6) is -2.71. The van der Waals surface area contributed by atoms with Gasteiger partial charge < -0.3 is 15.9 Å². The highest BCUT2D eigenvalue weighted by Gasteiger charge is 2.14. The van der Waals surface area contributed by atoms with Crippen LogP contribution in [0.25, 0.3) is 0 Å². The van der Waals surface area contributed by atoms with E-state index in [0.29, 0.717) is 6.07 Å². The standard InChI is InChI=1S/C8H9F2NO2/c9-5-1-4(7(11)3-12)8(13)2-6(5)10/h1-2,7,12-13H,3,11H2/t7-/m0/s1. The molecule has 0 aromatic heterocycles. The maximum atomic E-state index is 12.6. The molecule has 3 nitrogen and oxygen atoms in total. The quantitative estimate of drug-likeness (QED) is 0.640. The highest BCUT2D eigenvalue weighted by Crippen LogP contribution is 2.25. The van der Waals surface area contributed by atoms with Gasteiger partial charge in [0.25, 0.3) is 0 Å². The summed E-state index contributed by atoms with van der Waals surface area (Å²) in [5.41, 5.74) is 5.30. The summed E-state index contributed by atoms with van der Waals surface area (Å²) in [6.45, 7) is -0.446. The van der Waals surface area contributed by atoms with Crippen molar-refractivity contribution in [1.29, 1.82) is 0 Å². The van der Waals surface area contributed by atoms with Crippen LogP contribution >= 0.6 is 0 Å². The van der Waals surface area contributed by atoms with E-state index in [1.807, 2.05) is 0 Å². The third-order valence-corrected chi connectivity index (χ3v) is 1.67. The molecular weight excluding hydrogens is 180 g/mol. The lowest BCUT2D eigenvalue weighted by molar-refractivity contribution is 0.264. The molecule has 0 spiro atoms. The van der Waals surface area contributed by atoms with E-state index < -0.39 is 30.0 Å². The minimum absolute atomic E-state index is 0.0126. The minimum atomic E-state index is -1.15. The fourth-order valence-corrected chi connectivity index (χ4v) is 0.947. The SMILES string of the molecule is N[C@@H](CO)c1cc(F)c(F)cc1O. The van der Waals surface area contributed by atoms with Gasteiger partial charge in [-0.2, -0.15) is 0 Å². The summed E-state index contributed by atoms with van der Waals surface area (Å²) >= 11 is 0. The molecule has 1 rings (SSSR count). The molecule has 4 N–H and O–H groups in total. The van der Waals surface area contributed by atoms with Gasteiger partial charge in [0.15, 0.2) is 11.6 Å². The minimum Gasteiger partial charge on any atom is -0.507 e. The summed E-state index contributed by atoms with van der Waals surface area (Å²) in [5, 5.41) is 17.7. The highest BCUT2D eigenvalue weighted by atomic mass is 19.2. The second-order valence-electron chi connectivity index (χ2n) is 2.61. The Morgan fingerprint density at radius 1 is 1.31 bits per heavy atom. The van der Waals surface area contributed by atoms with E-state index in [1.54, 1.807) is 0 Å². The van der Waals surface area contributed by atoms with Crippen LogP contribution in [-0.4, -0.2) is 16.8 Å². The van der Waals surface area contributed by atoms with Crippen LogP contribution in [0.1, 0.15) is 11.6 Å². The van der Waals surface area contributed by atoms with Crippen LogP contribution in [0.3, 0.4) is 0 Å². The van der Waals surface area contributed by atoms with Crippen LogP contribution in [-0.2, 0) is 0 Å². The topological polar surface area (TPSA) is 66.5 Å². The third-order valence-electron chi connectivity index (χ3n) is 1.67. The number of aliphatic hydroxyl groups excluding tert-OH is 1. The van der Waals surface area contributed by atoms with Gasteiger partial charge in [-0.3, -0.25) is 0 Å². The molecule has 0 heterocycles. The molecule has 0 aliphatic rings. The van der Waals surface area contributed by atoms with E-state index >= 15 is 0 Å². The fraction of sp³-hybridized carbons (Fsp3) is 0.250. The smallest absolute Gasteiger partial charge is 0.162 e. The number of halogens is 2. The number of rotatable bonds is 2. The lowest BCUT2D eigenvalue weighted by Crippen LogP contribution is -2.15. The molecule has 0 saturated heterocycles. The Morgan fingerprint density at radius 2 is 1.85 bits per heavy atom. The molecule has 0 radical (unpaired) electrons. The number of phenolic OH excluding ortho intramolecular Hbond substituents is 1. The van der Waals surface area contributed by atoms with Gasteiger partial charge in [-0.15, -0.1) is 0 Å². The first kappa shape index (κ1) is 9.88. The first-order chi connectivity index (χ1) is 6.06. The van der Waals surface area contributed by atoms with Crippen molar-refractivity contribution >= 4 is 0 Å². The Balaban J connectivity index is 3.15. The zero-order chi connectivity index (χ0) is 10.0. The van der Waals surface area contributed by atoms with Crippen molar-refractivity contribution in [2.45, 2.75) is 6.04 Å². The van der Waals surface area contributed by atoms with Crippen molar-refractivity contribution in [1.82, 2.24) is 0 Å². The van der Waals surface area contributed by atoms with E-state index in [4.69, 9.17) is 15.9 Å². The Kier molecular flexibility index (Phi) is 2.79. The maximum Gasteiger partial charge on any atom is 0.162 e. The average molecular weight is 189 g/mol. The summed E-state index contributed by atoms with van der Waals surface area (Å²) in [6, 6.07) is 0.487. The first-order valence-electron chi connectivity index (χ1n) is 3.60. The van der Waals surface area contributed by atoms with E-state index in [9.17, 15) is 8.78 Å². The lowest BCUT2D eigenvalue weighted by atomic mass is 10.1. The van der Waals surface area contributed by atoms with Crippen LogP contribution in [0, 0.1) is 11.6 Å². The number of hydrogen-bond acceptors (Lipinski definition) is 3. The van der Waals surface area contributed by atoms with Gasteiger partial charge in [0.05, 0.1) is 12.6 Å². The summed E-state index contributed by atoms with van der Waals surface area (Å²) in [6.07, 6.45) is 0. The second kappa shape index (κ2) is 3.68. The Bertz CT molecular complexity index is 317. The molecule has 0 bridgehead atoms. The molecule has 0 unspecified atom stereocenters. The number of phenols is 1. The van der Waals surface area contributed by atoms with Gasteiger partial charge in [0, 0.05) is 11.6 Å². The van der Waals surface area contributed by atoms with Gasteiger partial charge >= 0.3 is 0 Å². The van der Waals surface area contributed by atoms with Crippen molar-refractivity contribution in [3.8, 4) is 5.75 Å². The van der Waals surface area contributed by atoms with Crippen LogP contribution in [0.15, 0.2) is 12.1 Å². The van der Waals surface area contributed by atoms with Crippen molar-refractivity contribution < 1.29 is 19.0 Å². The molecule has 0 saturated carbocycles. The van der Waals surface area contributed by atoms with E-state index in [0.717, 1.165) is 6.07 Å². The third kappa shape index (κ3) is 1.93. The molecule has 1 atom stereocenters. The highest BCUT2D eigenvalue weighted by molar-refractivity contribution is 5.35. The summed E-state index contributed by atoms with van der Waals surface area (Å²) in [4.78, 5) is 0. The van der Waals surface area contributed by atoms with Gasteiger partial charge in [-0.05, 0) is 6.07 Å². The first-order valence-corrected chi connectivity index (χ1v) is 3.60. The maximum absolute atomic E-state index is 12.6. The van der Waals surface area contributed by atoms with Crippen LogP contribution < -0.4 is 5.73 Å². The largest absolute Gasteiger partial charge is 0.507 e. The zero-order valence-electron chi connectivity index (χ0n) is 6.67. The zero-order valence-corrected chi connectivity index (χ0v) is 6.67. The Morgan fingerprint density at radius 3 is 2.38 bits per heavy atom. The van der Waals surface area contributed by atoms with E-state index in [1.165, 1.54) is 0 Å². The Hall–Kier alpha value is -1.20. The monoisotopic (exact) mass is 189 g/mol. The number of aliphatic hydroxyl groups is 1. The van der Waals surface area contributed by atoms with Crippen LogP contribution in [0.5, 0.6) is 5.75 Å². The normalized spacial score (nSPS) is 12.9. The van der Waals surface area contributed by atoms with Gasteiger partial charge in [-0.25, -0.2) is 8.78 Å². The molecule has 0 fully saturated rings. The fourth-order valence-electron chi connectivity index (χ4n) is 0.947. The predicted molar refractivity (Wildman–Crippen MR) is 42.0 cm³/mol. The number of aromatic hydroxyl groups is 1. The molecular formula is C8H9F2NO2. The molecule has 72 valence electrons. The van der Waals surface area contributed by atoms with E-state index in [2.05, 4.69) is 0 Å². The summed E-state index contributed by atoms with van der Waals surface area (Å²) in [7, 11) is 0. The van der Waals surface area contributed by atoms with Crippen LogP contribution in [0.2, 0.25) is 0 Å². The molecule has 0 aliphatic heterocycles. The predicted octanol–water partition coefficient (Wildman–Crippen LogP) is 0.662. The lowest BCUT2D eigenvalue weighted by Gasteiger charge is -2.10. The molecule has 1 aromatic carbocycles. The Labute approximate surface area is 73.4 Å². The van der Waals surface area contributed by atoms with Gasteiger partial charge in [-0.1, -0.05) is 0 Å². The van der Waals surface area contributed by atoms with Crippen molar-refractivity contribution in [3.05, 3.63) is 29.3 Å². The number of benzene rings is 1. The van der Waals surface area contributed by atoms with Crippen molar-refractivity contribution in [2.75, 3.05) is 6.61 Å². The van der Waals surface area contributed by atoms with Crippen molar-refractivity contribution in [2.24, 2.45) is 5.73 Å². The molecule has 13 heavy (non-hydrogen) atoms. The van der Waals surface area contributed by atoms with E-state index in [-0.39, 0.29) is 5.56 Å².